The molecule has 5 heteroatoms. The van der Waals surface area contributed by atoms with Crippen molar-refractivity contribution in [2.75, 3.05) is 11.5 Å². The van der Waals surface area contributed by atoms with Gasteiger partial charge in [0, 0.05) is 6.61 Å². The molecule has 1 aliphatic rings. The number of carbonyl (C=O) groups excluding carboxylic acids is 2. The zero-order chi connectivity index (χ0) is 11.5. The Morgan fingerprint density at radius 2 is 1.94 bits per heavy atom. The number of hydrogen-bond acceptors (Lipinski definition) is 3. The van der Waals surface area contributed by atoms with E-state index in [0.717, 1.165) is 4.90 Å². The number of nitrogens with zero attached hydrogens (tertiary/aromatic N) is 1. The van der Waals surface area contributed by atoms with Crippen LogP contribution in [-0.4, -0.2) is 29.7 Å². The molecule has 1 heterocycles. The molecule has 0 aliphatic carbocycles. The van der Waals surface area contributed by atoms with Crippen LogP contribution in [0.15, 0.2) is 30.3 Å². The minimum Gasteiger partial charge on any atom is -0.396 e. The van der Waals surface area contributed by atoms with Crippen LogP contribution >= 0.6 is 0 Å². The molecule has 2 N–H and O–H groups in total. The van der Waals surface area contributed by atoms with Gasteiger partial charge in [0.2, 0.25) is 0 Å². The molecule has 16 heavy (non-hydrogen) atoms. The Morgan fingerprint density at radius 3 is 2.56 bits per heavy atom. The number of amides is 3. The Bertz CT molecular complexity index is 405. The first-order chi connectivity index (χ1) is 7.74. The quantitative estimate of drug-likeness (QED) is 0.728. The number of imide groups is 1. The number of rotatable bonds is 3. The Morgan fingerprint density at radius 1 is 1.25 bits per heavy atom. The summed E-state index contributed by atoms with van der Waals surface area (Å²) >= 11 is 0. The first-order valence-corrected chi connectivity index (χ1v) is 5.04. The summed E-state index contributed by atoms with van der Waals surface area (Å²) in [6.45, 7) is -0.126. The molecule has 1 aromatic rings. The van der Waals surface area contributed by atoms with Gasteiger partial charge in [-0.05, 0) is 18.6 Å². The first-order valence-electron chi connectivity index (χ1n) is 5.04. The second-order valence-corrected chi connectivity index (χ2v) is 3.52. The monoisotopic (exact) mass is 220 g/mol. The molecule has 1 fully saturated rings. The van der Waals surface area contributed by atoms with Gasteiger partial charge in [0.15, 0.2) is 0 Å². The van der Waals surface area contributed by atoms with E-state index in [9.17, 15) is 9.59 Å². The maximum Gasteiger partial charge on any atom is 0.329 e. The summed E-state index contributed by atoms with van der Waals surface area (Å²) in [7, 11) is 0. The molecule has 0 radical (unpaired) electrons. The summed E-state index contributed by atoms with van der Waals surface area (Å²) in [5.74, 6) is -0.315. The molecule has 0 saturated carbocycles. The van der Waals surface area contributed by atoms with E-state index in [2.05, 4.69) is 5.32 Å². The highest BCUT2D eigenvalue weighted by atomic mass is 16.3. The van der Waals surface area contributed by atoms with Crippen LogP contribution in [0.25, 0.3) is 0 Å². The number of carbonyl (C=O) groups is 2. The maximum atomic E-state index is 11.8. The smallest absolute Gasteiger partial charge is 0.329 e. The molecular formula is C11H12N2O3. The van der Waals surface area contributed by atoms with E-state index in [0.29, 0.717) is 5.69 Å². The number of para-hydroxylation sites is 1. The van der Waals surface area contributed by atoms with Crippen molar-refractivity contribution in [1.29, 1.82) is 0 Å². The minimum absolute atomic E-state index is 0.126. The van der Waals surface area contributed by atoms with Crippen molar-refractivity contribution in [2.45, 2.75) is 12.5 Å². The zero-order valence-electron chi connectivity index (χ0n) is 8.59. The Balaban J connectivity index is 2.23. The molecule has 2 rings (SSSR count). The average molecular weight is 220 g/mol. The van der Waals surface area contributed by atoms with E-state index in [-0.39, 0.29) is 18.9 Å². The summed E-state index contributed by atoms with van der Waals surface area (Å²) in [6, 6.07) is 7.67. The summed E-state index contributed by atoms with van der Waals surface area (Å²) in [4.78, 5) is 24.5. The van der Waals surface area contributed by atoms with Crippen molar-refractivity contribution < 1.29 is 14.7 Å². The highest BCUT2D eigenvalue weighted by Crippen LogP contribution is 2.19. The molecule has 0 aromatic heterocycles. The van der Waals surface area contributed by atoms with Gasteiger partial charge in [-0.2, -0.15) is 0 Å². The van der Waals surface area contributed by atoms with Crippen LogP contribution in [0.4, 0.5) is 10.5 Å². The average Bonchev–Trinajstić information content (AvgIpc) is 2.56. The highest BCUT2D eigenvalue weighted by Gasteiger charge is 2.38. The number of nitrogens with one attached hydrogen (secondary N) is 1. The van der Waals surface area contributed by atoms with Gasteiger partial charge in [-0.3, -0.25) is 4.79 Å². The molecule has 1 saturated heterocycles. The molecule has 1 aromatic carbocycles. The van der Waals surface area contributed by atoms with Gasteiger partial charge < -0.3 is 10.4 Å². The van der Waals surface area contributed by atoms with Crippen LogP contribution < -0.4 is 10.2 Å². The highest BCUT2D eigenvalue weighted by molar-refractivity contribution is 6.21. The van der Waals surface area contributed by atoms with Crippen molar-refractivity contribution >= 4 is 17.6 Å². The standard InChI is InChI=1S/C11H12N2O3/c14-7-6-9-10(15)13(11(16)12-9)8-4-2-1-3-5-8/h1-5,9,14H,6-7H2,(H,12,16). The van der Waals surface area contributed by atoms with Crippen LogP contribution in [0.3, 0.4) is 0 Å². The SMILES string of the molecule is O=C1NC(CCO)C(=O)N1c1ccccc1. The number of anilines is 1. The normalized spacial score (nSPS) is 20.1. The van der Waals surface area contributed by atoms with Crippen LogP contribution in [0.1, 0.15) is 6.42 Å². The third kappa shape index (κ3) is 1.77. The molecule has 84 valence electrons. The number of aliphatic hydroxyl groups excluding tert-OH is 1. The molecule has 0 bridgehead atoms. The Labute approximate surface area is 92.7 Å². The maximum absolute atomic E-state index is 11.8. The lowest BCUT2D eigenvalue weighted by molar-refractivity contribution is -0.118. The van der Waals surface area contributed by atoms with Crippen LogP contribution in [0.2, 0.25) is 0 Å². The van der Waals surface area contributed by atoms with Gasteiger partial charge >= 0.3 is 6.03 Å². The summed E-state index contributed by atoms with van der Waals surface area (Å²) in [5.41, 5.74) is 0.547. The van der Waals surface area contributed by atoms with E-state index in [4.69, 9.17) is 5.11 Å². The second kappa shape index (κ2) is 4.32. The van der Waals surface area contributed by atoms with E-state index in [1.165, 1.54) is 0 Å². The number of aliphatic hydroxyl groups is 1. The van der Waals surface area contributed by atoms with Crippen molar-refractivity contribution in [2.24, 2.45) is 0 Å². The molecule has 3 amide bonds. The lowest BCUT2D eigenvalue weighted by Crippen LogP contribution is -2.31. The van der Waals surface area contributed by atoms with E-state index < -0.39 is 12.1 Å². The van der Waals surface area contributed by atoms with E-state index in [1.54, 1.807) is 24.3 Å². The van der Waals surface area contributed by atoms with Crippen LogP contribution in [-0.2, 0) is 4.79 Å². The van der Waals surface area contributed by atoms with Gasteiger partial charge in [-0.15, -0.1) is 0 Å². The fraction of sp³-hybridized carbons (Fsp3) is 0.273. The molecule has 1 unspecified atom stereocenters. The molecule has 1 aliphatic heterocycles. The molecular weight excluding hydrogens is 208 g/mol. The predicted octanol–water partition coefficient (Wildman–Crippen LogP) is 0.494. The molecule has 5 nitrogen and oxygen atoms in total. The van der Waals surface area contributed by atoms with Crippen LogP contribution in [0, 0.1) is 0 Å². The van der Waals surface area contributed by atoms with Crippen molar-refractivity contribution in [1.82, 2.24) is 5.32 Å². The summed E-state index contributed by atoms with van der Waals surface area (Å²) < 4.78 is 0. The van der Waals surface area contributed by atoms with E-state index >= 15 is 0 Å². The van der Waals surface area contributed by atoms with Gasteiger partial charge in [-0.25, -0.2) is 9.69 Å². The summed E-state index contributed by atoms with van der Waals surface area (Å²) in [6.07, 6.45) is 0.244. The first kappa shape index (κ1) is 10.6. The van der Waals surface area contributed by atoms with Gasteiger partial charge in [0.25, 0.3) is 5.91 Å². The number of benzene rings is 1. The zero-order valence-corrected chi connectivity index (χ0v) is 8.59. The Kier molecular flexibility index (Phi) is 2.87. The third-order valence-electron chi connectivity index (χ3n) is 2.45. The van der Waals surface area contributed by atoms with Crippen molar-refractivity contribution in [3.05, 3.63) is 30.3 Å². The van der Waals surface area contributed by atoms with Gasteiger partial charge in [0.05, 0.1) is 5.69 Å². The lowest BCUT2D eigenvalue weighted by atomic mass is 10.2. The number of urea groups is 1. The number of hydrogen-bond donors (Lipinski definition) is 2. The third-order valence-corrected chi connectivity index (χ3v) is 2.45. The lowest BCUT2D eigenvalue weighted by Gasteiger charge is -2.12. The van der Waals surface area contributed by atoms with Crippen LogP contribution in [0.5, 0.6) is 0 Å². The van der Waals surface area contributed by atoms with E-state index in [1.807, 2.05) is 6.07 Å². The fourth-order valence-corrected chi connectivity index (χ4v) is 1.68. The van der Waals surface area contributed by atoms with Crippen molar-refractivity contribution in [3.8, 4) is 0 Å². The summed E-state index contributed by atoms with van der Waals surface area (Å²) in [5, 5.41) is 11.3. The van der Waals surface area contributed by atoms with Gasteiger partial charge in [0.1, 0.15) is 6.04 Å². The predicted molar refractivity (Wildman–Crippen MR) is 58.0 cm³/mol. The minimum atomic E-state index is -0.613. The topological polar surface area (TPSA) is 69.6 Å². The Hall–Kier alpha value is -1.88. The molecule has 1 atom stereocenters. The largest absolute Gasteiger partial charge is 0.396 e. The van der Waals surface area contributed by atoms with Gasteiger partial charge in [-0.1, -0.05) is 18.2 Å². The fourth-order valence-electron chi connectivity index (χ4n) is 1.68. The molecule has 0 spiro atoms. The second-order valence-electron chi connectivity index (χ2n) is 3.52. The van der Waals surface area contributed by atoms with Crippen molar-refractivity contribution in [3.63, 3.8) is 0 Å².